The van der Waals surface area contributed by atoms with E-state index in [9.17, 15) is 9.90 Å². The highest BCUT2D eigenvalue weighted by molar-refractivity contribution is 6.34. The molecule has 1 saturated carbocycles. The van der Waals surface area contributed by atoms with Crippen molar-refractivity contribution in [3.8, 4) is 0 Å². The standard InChI is InChI=1S/C14H18ClNO2/c1-9-4-2-6-11(13(9)15)14(18)16-8-10-5-3-7-12(10)17/h2,4,6,10,12,17H,3,5,7-8H2,1H3,(H,16,18). The second-order valence-electron chi connectivity index (χ2n) is 4.90. The number of benzene rings is 1. The molecule has 0 spiro atoms. The average molecular weight is 268 g/mol. The predicted molar refractivity (Wildman–Crippen MR) is 71.9 cm³/mol. The number of nitrogens with one attached hydrogen (secondary N) is 1. The fourth-order valence-electron chi connectivity index (χ4n) is 2.40. The largest absolute Gasteiger partial charge is 0.393 e. The monoisotopic (exact) mass is 267 g/mol. The molecule has 2 atom stereocenters. The summed E-state index contributed by atoms with van der Waals surface area (Å²) in [5, 5.41) is 13.1. The third-order valence-corrected chi connectivity index (χ3v) is 4.08. The highest BCUT2D eigenvalue weighted by Gasteiger charge is 2.25. The van der Waals surface area contributed by atoms with Gasteiger partial charge in [-0.3, -0.25) is 4.79 Å². The van der Waals surface area contributed by atoms with Crippen molar-refractivity contribution in [1.82, 2.24) is 5.32 Å². The molecule has 3 nitrogen and oxygen atoms in total. The zero-order valence-electron chi connectivity index (χ0n) is 10.4. The van der Waals surface area contributed by atoms with Crippen molar-refractivity contribution >= 4 is 17.5 Å². The normalized spacial score (nSPS) is 23.1. The summed E-state index contributed by atoms with van der Waals surface area (Å²) in [4.78, 5) is 12.0. The van der Waals surface area contributed by atoms with Crippen LogP contribution in [0.5, 0.6) is 0 Å². The lowest BCUT2D eigenvalue weighted by atomic mass is 10.1. The van der Waals surface area contributed by atoms with Gasteiger partial charge in [-0.25, -0.2) is 0 Å². The zero-order valence-corrected chi connectivity index (χ0v) is 11.2. The minimum Gasteiger partial charge on any atom is -0.393 e. The van der Waals surface area contributed by atoms with E-state index in [0.717, 1.165) is 24.8 Å². The Morgan fingerprint density at radius 1 is 1.50 bits per heavy atom. The molecule has 1 aliphatic carbocycles. The van der Waals surface area contributed by atoms with E-state index in [1.807, 2.05) is 19.1 Å². The second-order valence-corrected chi connectivity index (χ2v) is 5.28. The zero-order chi connectivity index (χ0) is 13.1. The van der Waals surface area contributed by atoms with Crippen molar-refractivity contribution in [2.45, 2.75) is 32.3 Å². The second kappa shape index (κ2) is 5.72. The van der Waals surface area contributed by atoms with Crippen molar-refractivity contribution in [3.05, 3.63) is 34.3 Å². The van der Waals surface area contributed by atoms with Crippen LogP contribution in [0.3, 0.4) is 0 Å². The molecule has 2 unspecified atom stereocenters. The minimum absolute atomic E-state index is 0.164. The molecule has 4 heteroatoms. The van der Waals surface area contributed by atoms with Crippen molar-refractivity contribution in [1.29, 1.82) is 0 Å². The first-order valence-electron chi connectivity index (χ1n) is 6.31. The lowest BCUT2D eigenvalue weighted by Crippen LogP contribution is -2.32. The minimum atomic E-state index is -0.279. The van der Waals surface area contributed by atoms with Gasteiger partial charge in [-0.05, 0) is 31.4 Å². The maximum atomic E-state index is 12.0. The van der Waals surface area contributed by atoms with Crippen LogP contribution in [-0.2, 0) is 0 Å². The number of aryl methyl sites for hydroxylation is 1. The average Bonchev–Trinajstić information content (AvgIpc) is 2.75. The number of amides is 1. The highest BCUT2D eigenvalue weighted by atomic mass is 35.5. The predicted octanol–water partition coefficient (Wildman–Crippen LogP) is 2.54. The molecule has 1 aliphatic rings. The van der Waals surface area contributed by atoms with Crippen LogP contribution < -0.4 is 5.32 Å². The van der Waals surface area contributed by atoms with Gasteiger partial charge in [0, 0.05) is 12.5 Å². The van der Waals surface area contributed by atoms with Crippen LogP contribution in [0.15, 0.2) is 18.2 Å². The number of rotatable bonds is 3. The summed E-state index contributed by atoms with van der Waals surface area (Å²) in [5.41, 5.74) is 1.40. The molecule has 0 aromatic heterocycles. The highest BCUT2D eigenvalue weighted by Crippen LogP contribution is 2.25. The molecular formula is C14H18ClNO2. The van der Waals surface area contributed by atoms with Crippen molar-refractivity contribution in [2.75, 3.05) is 6.54 Å². The Labute approximate surface area is 112 Å². The van der Waals surface area contributed by atoms with E-state index in [4.69, 9.17) is 11.6 Å². The molecule has 1 amide bonds. The third-order valence-electron chi connectivity index (χ3n) is 3.58. The van der Waals surface area contributed by atoms with Crippen LogP contribution in [0.1, 0.15) is 35.2 Å². The molecular weight excluding hydrogens is 250 g/mol. The topological polar surface area (TPSA) is 49.3 Å². The third kappa shape index (κ3) is 2.85. The summed E-state index contributed by atoms with van der Waals surface area (Å²) >= 11 is 6.10. The number of hydrogen-bond donors (Lipinski definition) is 2. The summed E-state index contributed by atoms with van der Waals surface area (Å²) < 4.78 is 0. The van der Waals surface area contributed by atoms with Crippen LogP contribution in [-0.4, -0.2) is 23.7 Å². The van der Waals surface area contributed by atoms with E-state index in [1.165, 1.54) is 0 Å². The number of aliphatic hydroxyl groups excluding tert-OH is 1. The summed E-state index contributed by atoms with van der Waals surface area (Å²) in [7, 11) is 0. The molecule has 0 aliphatic heterocycles. The first kappa shape index (κ1) is 13.4. The van der Waals surface area contributed by atoms with Gasteiger partial charge in [-0.1, -0.05) is 30.2 Å². The van der Waals surface area contributed by atoms with Gasteiger partial charge in [0.15, 0.2) is 0 Å². The molecule has 2 N–H and O–H groups in total. The van der Waals surface area contributed by atoms with Gasteiger partial charge in [-0.15, -0.1) is 0 Å². The first-order chi connectivity index (χ1) is 8.59. The molecule has 0 saturated heterocycles. The van der Waals surface area contributed by atoms with Crippen molar-refractivity contribution < 1.29 is 9.90 Å². The van der Waals surface area contributed by atoms with Crippen LogP contribution >= 0.6 is 11.6 Å². The van der Waals surface area contributed by atoms with Crippen LogP contribution in [0.2, 0.25) is 5.02 Å². The number of aliphatic hydroxyl groups is 1. The van der Waals surface area contributed by atoms with Gasteiger partial charge in [0.25, 0.3) is 5.91 Å². The summed E-state index contributed by atoms with van der Waals surface area (Å²) in [6.07, 6.45) is 2.57. The smallest absolute Gasteiger partial charge is 0.252 e. The van der Waals surface area contributed by atoms with Crippen LogP contribution in [0.25, 0.3) is 0 Å². The number of halogens is 1. The molecule has 0 bridgehead atoms. The first-order valence-corrected chi connectivity index (χ1v) is 6.68. The van der Waals surface area contributed by atoms with Gasteiger partial charge in [-0.2, -0.15) is 0 Å². The van der Waals surface area contributed by atoms with Crippen molar-refractivity contribution in [3.63, 3.8) is 0 Å². The Balaban J connectivity index is 1.97. The Morgan fingerprint density at radius 3 is 2.94 bits per heavy atom. The molecule has 2 rings (SSSR count). The summed E-state index contributed by atoms with van der Waals surface area (Å²) in [6, 6.07) is 5.41. The van der Waals surface area contributed by atoms with Gasteiger partial charge >= 0.3 is 0 Å². The van der Waals surface area contributed by atoms with Gasteiger partial charge in [0.05, 0.1) is 16.7 Å². The molecule has 1 fully saturated rings. The Bertz CT molecular complexity index is 447. The quantitative estimate of drug-likeness (QED) is 0.884. The van der Waals surface area contributed by atoms with E-state index < -0.39 is 0 Å². The Morgan fingerprint density at radius 2 is 2.28 bits per heavy atom. The SMILES string of the molecule is Cc1cccc(C(=O)NCC2CCCC2O)c1Cl. The molecule has 18 heavy (non-hydrogen) atoms. The van der Waals surface area contributed by atoms with Crippen LogP contribution in [0, 0.1) is 12.8 Å². The molecule has 98 valence electrons. The van der Waals surface area contributed by atoms with E-state index in [1.54, 1.807) is 6.07 Å². The number of carbonyl (C=O) groups is 1. The lowest BCUT2D eigenvalue weighted by molar-refractivity contribution is 0.0917. The van der Waals surface area contributed by atoms with E-state index >= 15 is 0 Å². The molecule has 1 aromatic rings. The van der Waals surface area contributed by atoms with Gasteiger partial charge in [0.2, 0.25) is 0 Å². The number of carbonyl (C=O) groups excluding carboxylic acids is 1. The van der Waals surface area contributed by atoms with Crippen molar-refractivity contribution in [2.24, 2.45) is 5.92 Å². The summed E-state index contributed by atoms with van der Waals surface area (Å²) in [5.74, 6) is 0.0142. The molecule has 0 heterocycles. The number of hydrogen-bond acceptors (Lipinski definition) is 2. The fourth-order valence-corrected chi connectivity index (χ4v) is 2.61. The Hall–Kier alpha value is -1.06. The fraction of sp³-hybridized carbons (Fsp3) is 0.500. The molecule has 1 aromatic carbocycles. The maximum Gasteiger partial charge on any atom is 0.252 e. The van der Waals surface area contributed by atoms with E-state index in [0.29, 0.717) is 17.1 Å². The summed E-state index contributed by atoms with van der Waals surface area (Å²) in [6.45, 7) is 2.39. The van der Waals surface area contributed by atoms with Gasteiger partial charge < -0.3 is 10.4 Å². The molecule has 0 radical (unpaired) electrons. The Kier molecular flexibility index (Phi) is 4.25. The lowest BCUT2D eigenvalue weighted by Gasteiger charge is -2.15. The maximum absolute atomic E-state index is 12.0. The van der Waals surface area contributed by atoms with E-state index in [2.05, 4.69) is 5.32 Å². The van der Waals surface area contributed by atoms with Gasteiger partial charge in [0.1, 0.15) is 0 Å². The van der Waals surface area contributed by atoms with E-state index in [-0.39, 0.29) is 17.9 Å². The van der Waals surface area contributed by atoms with Crippen LogP contribution in [0.4, 0.5) is 0 Å².